The van der Waals surface area contributed by atoms with Crippen LogP contribution in [0.5, 0.6) is 0 Å². The smallest absolute Gasteiger partial charge is 0.00723 e. The van der Waals surface area contributed by atoms with Gasteiger partial charge in [-0.2, -0.15) is 0 Å². The van der Waals surface area contributed by atoms with Crippen LogP contribution in [0.2, 0.25) is 0 Å². The Kier molecular flexibility index (Phi) is 4.90. The van der Waals surface area contributed by atoms with Crippen LogP contribution in [-0.4, -0.2) is 12.1 Å². The molecule has 0 aliphatic heterocycles. The Morgan fingerprint density at radius 1 is 0.882 bits per heavy atom. The molecule has 0 radical (unpaired) electrons. The fraction of sp³-hybridized carbons (Fsp3) is 1.00. The van der Waals surface area contributed by atoms with Crippen molar-refractivity contribution in [2.75, 3.05) is 0 Å². The highest BCUT2D eigenvalue weighted by Gasteiger charge is 2.26. The van der Waals surface area contributed by atoms with Gasteiger partial charge in [0.15, 0.2) is 0 Å². The van der Waals surface area contributed by atoms with Crippen LogP contribution < -0.4 is 5.32 Å². The molecule has 1 N–H and O–H groups in total. The van der Waals surface area contributed by atoms with Crippen molar-refractivity contribution in [3.8, 4) is 0 Å². The minimum absolute atomic E-state index is 0.828. The maximum absolute atomic E-state index is 3.96. The zero-order valence-corrected chi connectivity index (χ0v) is 12.0. The van der Waals surface area contributed by atoms with Gasteiger partial charge in [-0.1, -0.05) is 33.6 Å². The minimum Gasteiger partial charge on any atom is -0.311 e. The van der Waals surface area contributed by atoms with Gasteiger partial charge >= 0.3 is 0 Å². The van der Waals surface area contributed by atoms with Crippen molar-refractivity contribution in [1.29, 1.82) is 0 Å². The molecule has 0 amide bonds. The van der Waals surface area contributed by atoms with E-state index in [9.17, 15) is 0 Å². The maximum Gasteiger partial charge on any atom is 0.00723 e. The van der Waals surface area contributed by atoms with E-state index in [2.05, 4.69) is 26.1 Å². The molecule has 2 atom stereocenters. The largest absolute Gasteiger partial charge is 0.311 e. The first-order valence-corrected chi connectivity index (χ1v) is 7.91. The zero-order chi connectivity index (χ0) is 12.3. The molecule has 1 heteroatoms. The van der Waals surface area contributed by atoms with Gasteiger partial charge in [0.05, 0.1) is 0 Å². The van der Waals surface area contributed by atoms with E-state index in [0.29, 0.717) is 0 Å². The van der Waals surface area contributed by atoms with Gasteiger partial charge in [-0.15, -0.1) is 0 Å². The van der Waals surface area contributed by atoms with Gasteiger partial charge in [0.2, 0.25) is 0 Å². The Bertz CT molecular complexity index is 216. The van der Waals surface area contributed by atoms with Gasteiger partial charge < -0.3 is 5.32 Å². The molecule has 17 heavy (non-hydrogen) atoms. The third-order valence-corrected chi connectivity index (χ3v) is 5.14. The molecule has 2 rings (SSSR count). The van der Waals surface area contributed by atoms with Gasteiger partial charge in [0, 0.05) is 12.1 Å². The number of hydrogen-bond acceptors (Lipinski definition) is 1. The predicted octanol–water partition coefficient (Wildman–Crippen LogP) is 4.37. The van der Waals surface area contributed by atoms with Crippen LogP contribution in [0.3, 0.4) is 0 Å². The average Bonchev–Trinajstić information content (AvgIpc) is 2.32. The van der Waals surface area contributed by atoms with Crippen molar-refractivity contribution in [1.82, 2.24) is 5.32 Å². The second-order valence-electron chi connectivity index (χ2n) is 6.99. The molecule has 2 saturated carbocycles. The van der Waals surface area contributed by atoms with Crippen LogP contribution in [0, 0.1) is 17.8 Å². The number of nitrogens with one attached hydrogen (secondary N) is 1. The van der Waals surface area contributed by atoms with Gasteiger partial charge in [0.25, 0.3) is 0 Å². The van der Waals surface area contributed by atoms with Crippen LogP contribution in [0.15, 0.2) is 0 Å². The highest BCUT2D eigenvalue weighted by atomic mass is 15.0. The van der Waals surface area contributed by atoms with Crippen molar-refractivity contribution < 1.29 is 0 Å². The molecule has 100 valence electrons. The lowest BCUT2D eigenvalue weighted by Crippen LogP contribution is -2.43. The Hall–Kier alpha value is -0.0400. The standard InChI is InChI=1S/C16H31N/c1-12(2)14-5-4-6-16(11-14)17-15-9-7-13(3)8-10-15/h12-17H,4-11H2,1-3H3. The first-order valence-electron chi connectivity index (χ1n) is 7.91. The first kappa shape index (κ1) is 13.4. The van der Waals surface area contributed by atoms with Crippen LogP contribution in [0.1, 0.15) is 72.1 Å². The van der Waals surface area contributed by atoms with Gasteiger partial charge in [0.1, 0.15) is 0 Å². The summed E-state index contributed by atoms with van der Waals surface area (Å²) >= 11 is 0. The van der Waals surface area contributed by atoms with E-state index < -0.39 is 0 Å². The molecule has 2 aliphatic carbocycles. The van der Waals surface area contributed by atoms with Gasteiger partial charge in [-0.3, -0.25) is 0 Å². The van der Waals surface area contributed by atoms with Crippen LogP contribution in [-0.2, 0) is 0 Å². The lowest BCUT2D eigenvalue weighted by molar-refractivity contribution is 0.201. The molecular formula is C16H31N. The molecule has 0 saturated heterocycles. The zero-order valence-electron chi connectivity index (χ0n) is 12.0. The van der Waals surface area contributed by atoms with E-state index in [0.717, 1.165) is 29.8 Å². The van der Waals surface area contributed by atoms with E-state index in [1.807, 2.05) is 0 Å². The summed E-state index contributed by atoms with van der Waals surface area (Å²) in [6.45, 7) is 7.20. The molecular weight excluding hydrogens is 206 g/mol. The van der Waals surface area contributed by atoms with Crippen molar-refractivity contribution in [3.63, 3.8) is 0 Å². The van der Waals surface area contributed by atoms with E-state index in [1.54, 1.807) is 0 Å². The van der Waals surface area contributed by atoms with Crippen molar-refractivity contribution >= 4 is 0 Å². The highest BCUT2D eigenvalue weighted by Crippen LogP contribution is 2.31. The Balaban J connectivity index is 1.75. The van der Waals surface area contributed by atoms with E-state index in [1.165, 1.54) is 51.4 Å². The van der Waals surface area contributed by atoms with Crippen LogP contribution in [0.4, 0.5) is 0 Å². The van der Waals surface area contributed by atoms with Crippen molar-refractivity contribution in [2.24, 2.45) is 17.8 Å². The summed E-state index contributed by atoms with van der Waals surface area (Å²) in [6.07, 6.45) is 11.5. The Morgan fingerprint density at radius 3 is 2.24 bits per heavy atom. The summed E-state index contributed by atoms with van der Waals surface area (Å²) in [5, 5.41) is 3.96. The quantitative estimate of drug-likeness (QED) is 0.768. The summed E-state index contributed by atoms with van der Waals surface area (Å²) in [7, 11) is 0. The maximum atomic E-state index is 3.96. The fourth-order valence-corrected chi connectivity index (χ4v) is 3.74. The molecule has 2 aliphatic rings. The predicted molar refractivity (Wildman–Crippen MR) is 75.1 cm³/mol. The SMILES string of the molecule is CC1CCC(NC2CCCC(C(C)C)C2)CC1. The molecule has 2 unspecified atom stereocenters. The van der Waals surface area contributed by atoms with Gasteiger partial charge in [-0.05, 0) is 56.3 Å². The monoisotopic (exact) mass is 237 g/mol. The Labute approximate surface area is 108 Å². The topological polar surface area (TPSA) is 12.0 Å². The molecule has 0 spiro atoms. The molecule has 0 heterocycles. The summed E-state index contributed by atoms with van der Waals surface area (Å²) in [4.78, 5) is 0. The lowest BCUT2D eigenvalue weighted by atomic mass is 9.78. The molecule has 0 aromatic carbocycles. The number of hydrogen-bond donors (Lipinski definition) is 1. The average molecular weight is 237 g/mol. The van der Waals surface area contributed by atoms with Crippen LogP contribution in [0.25, 0.3) is 0 Å². The van der Waals surface area contributed by atoms with Crippen LogP contribution >= 0.6 is 0 Å². The van der Waals surface area contributed by atoms with E-state index in [-0.39, 0.29) is 0 Å². The second-order valence-corrected chi connectivity index (χ2v) is 6.99. The third-order valence-electron chi connectivity index (χ3n) is 5.14. The number of rotatable bonds is 3. The Morgan fingerprint density at radius 2 is 1.59 bits per heavy atom. The molecule has 0 aromatic rings. The lowest BCUT2D eigenvalue weighted by Gasteiger charge is -2.36. The van der Waals surface area contributed by atoms with E-state index in [4.69, 9.17) is 0 Å². The summed E-state index contributed by atoms with van der Waals surface area (Å²) in [5.41, 5.74) is 0. The summed E-state index contributed by atoms with van der Waals surface area (Å²) in [6, 6.07) is 1.66. The molecule has 1 nitrogen and oxygen atoms in total. The fourth-order valence-electron chi connectivity index (χ4n) is 3.74. The van der Waals surface area contributed by atoms with Crippen molar-refractivity contribution in [3.05, 3.63) is 0 Å². The van der Waals surface area contributed by atoms with E-state index >= 15 is 0 Å². The van der Waals surface area contributed by atoms with Crippen molar-refractivity contribution in [2.45, 2.75) is 84.2 Å². The van der Waals surface area contributed by atoms with Gasteiger partial charge in [-0.25, -0.2) is 0 Å². The second kappa shape index (κ2) is 6.22. The highest BCUT2D eigenvalue weighted by molar-refractivity contribution is 4.84. The normalized spacial score (nSPS) is 39.5. The molecule has 2 fully saturated rings. The first-order chi connectivity index (χ1) is 8.15. The summed E-state index contributed by atoms with van der Waals surface area (Å²) in [5.74, 6) is 2.83. The molecule has 0 bridgehead atoms. The molecule has 0 aromatic heterocycles. The third kappa shape index (κ3) is 3.98. The minimum atomic E-state index is 0.828. The summed E-state index contributed by atoms with van der Waals surface area (Å²) < 4.78 is 0.